The number of nitrogens with one attached hydrogen (secondary N) is 1. The van der Waals surface area contributed by atoms with Gasteiger partial charge in [-0.2, -0.15) is 0 Å². The van der Waals surface area contributed by atoms with Crippen molar-refractivity contribution in [2.24, 2.45) is 0 Å². The zero-order valence-corrected chi connectivity index (χ0v) is 12.0. The molecule has 2 heteroatoms. The molecule has 1 unspecified atom stereocenters. The molecule has 0 radical (unpaired) electrons. The molecule has 0 saturated heterocycles. The van der Waals surface area contributed by atoms with Crippen molar-refractivity contribution in [1.29, 1.82) is 0 Å². The van der Waals surface area contributed by atoms with Crippen LogP contribution in [0.5, 0.6) is 0 Å². The minimum absolute atomic E-state index is 0.432. The van der Waals surface area contributed by atoms with Gasteiger partial charge in [0, 0.05) is 17.4 Å². The van der Waals surface area contributed by atoms with Gasteiger partial charge in [-0.1, -0.05) is 25.0 Å². The maximum atomic E-state index is 4.55. The molecule has 2 nitrogen and oxygen atoms in total. The summed E-state index contributed by atoms with van der Waals surface area (Å²) in [7, 11) is 2.04. The summed E-state index contributed by atoms with van der Waals surface area (Å²) in [4.78, 5) is 4.55. The van der Waals surface area contributed by atoms with Crippen molar-refractivity contribution in [3.05, 3.63) is 41.7 Å². The van der Waals surface area contributed by atoms with Gasteiger partial charge in [-0.3, -0.25) is 4.98 Å². The van der Waals surface area contributed by atoms with Gasteiger partial charge in [-0.15, -0.1) is 6.58 Å². The molecule has 1 aromatic rings. The number of aryl methyl sites for hydroxylation is 2. The minimum Gasteiger partial charge on any atom is -0.313 e. The largest absolute Gasteiger partial charge is 0.313 e. The summed E-state index contributed by atoms with van der Waals surface area (Å²) in [5.41, 5.74) is 3.59. The summed E-state index contributed by atoms with van der Waals surface area (Å²) < 4.78 is 0. The first-order valence-corrected chi connectivity index (χ1v) is 6.91. The molecule has 0 fully saturated rings. The van der Waals surface area contributed by atoms with Gasteiger partial charge >= 0.3 is 0 Å². The van der Waals surface area contributed by atoms with Crippen LogP contribution in [-0.2, 0) is 0 Å². The molecule has 0 aliphatic rings. The van der Waals surface area contributed by atoms with Gasteiger partial charge in [0.2, 0.25) is 0 Å². The number of aromatic nitrogens is 1. The molecule has 100 valence electrons. The number of hydrogen-bond acceptors (Lipinski definition) is 2. The van der Waals surface area contributed by atoms with Crippen LogP contribution in [0.25, 0.3) is 0 Å². The summed E-state index contributed by atoms with van der Waals surface area (Å²) in [6, 6.07) is 4.74. The Hall–Kier alpha value is -1.15. The van der Waals surface area contributed by atoms with E-state index in [1.54, 1.807) is 0 Å². The first kappa shape index (κ1) is 14.9. The lowest BCUT2D eigenvalue weighted by molar-refractivity contribution is 0.504. The predicted molar refractivity (Wildman–Crippen MR) is 78.8 cm³/mol. The highest BCUT2D eigenvalue weighted by atomic mass is 14.9. The van der Waals surface area contributed by atoms with Gasteiger partial charge in [-0.05, 0) is 51.8 Å². The average molecular weight is 246 g/mol. The van der Waals surface area contributed by atoms with E-state index in [0.29, 0.717) is 6.04 Å². The van der Waals surface area contributed by atoms with Crippen molar-refractivity contribution >= 4 is 0 Å². The van der Waals surface area contributed by atoms with Gasteiger partial charge in [0.05, 0.1) is 0 Å². The number of nitrogens with zero attached hydrogens (tertiary/aromatic N) is 1. The fourth-order valence-electron chi connectivity index (χ4n) is 2.33. The lowest BCUT2D eigenvalue weighted by Gasteiger charge is -2.18. The number of unbranched alkanes of at least 4 members (excludes halogenated alkanes) is 3. The molecule has 0 bridgehead atoms. The van der Waals surface area contributed by atoms with E-state index in [1.165, 1.54) is 31.2 Å². The van der Waals surface area contributed by atoms with Crippen molar-refractivity contribution in [2.75, 3.05) is 7.05 Å². The first-order chi connectivity index (χ1) is 8.69. The Labute approximate surface area is 112 Å². The molecule has 1 N–H and O–H groups in total. The molecule has 0 aliphatic heterocycles. The summed E-state index contributed by atoms with van der Waals surface area (Å²) >= 11 is 0. The monoisotopic (exact) mass is 246 g/mol. The molecule has 1 rings (SSSR count). The van der Waals surface area contributed by atoms with E-state index in [4.69, 9.17) is 0 Å². The van der Waals surface area contributed by atoms with Gasteiger partial charge < -0.3 is 5.32 Å². The molecule has 0 aromatic carbocycles. The number of hydrogen-bond donors (Lipinski definition) is 1. The number of allylic oxidation sites excluding steroid dienone is 1. The van der Waals surface area contributed by atoms with Crippen LogP contribution in [0, 0.1) is 13.8 Å². The molecule has 0 aliphatic carbocycles. The van der Waals surface area contributed by atoms with Crippen LogP contribution < -0.4 is 5.32 Å². The second kappa shape index (κ2) is 8.04. The van der Waals surface area contributed by atoms with Crippen molar-refractivity contribution in [3.8, 4) is 0 Å². The molecule has 0 amide bonds. The second-order valence-corrected chi connectivity index (χ2v) is 4.90. The highest BCUT2D eigenvalue weighted by Gasteiger charge is 2.11. The molecule has 1 atom stereocenters. The zero-order valence-electron chi connectivity index (χ0n) is 12.0. The summed E-state index contributed by atoms with van der Waals surface area (Å²) in [5, 5.41) is 3.41. The van der Waals surface area contributed by atoms with Crippen LogP contribution in [0.1, 0.15) is 55.1 Å². The topological polar surface area (TPSA) is 24.9 Å². The van der Waals surface area contributed by atoms with Crippen LogP contribution >= 0.6 is 0 Å². The molecule has 18 heavy (non-hydrogen) atoms. The fourth-order valence-corrected chi connectivity index (χ4v) is 2.33. The van der Waals surface area contributed by atoms with Crippen molar-refractivity contribution in [1.82, 2.24) is 10.3 Å². The fraction of sp³-hybridized carbons (Fsp3) is 0.562. The lowest BCUT2D eigenvalue weighted by Crippen LogP contribution is -2.18. The second-order valence-electron chi connectivity index (χ2n) is 4.90. The summed E-state index contributed by atoms with van der Waals surface area (Å²) in [6.07, 6.45) is 8.11. The normalized spacial score (nSPS) is 12.4. The van der Waals surface area contributed by atoms with E-state index < -0.39 is 0 Å². The Morgan fingerprint density at radius 2 is 2.06 bits per heavy atom. The number of pyridine rings is 1. The van der Waals surface area contributed by atoms with E-state index in [0.717, 1.165) is 17.8 Å². The van der Waals surface area contributed by atoms with Crippen LogP contribution in [0.4, 0.5) is 0 Å². The van der Waals surface area contributed by atoms with Crippen LogP contribution in [0.2, 0.25) is 0 Å². The Morgan fingerprint density at radius 1 is 1.28 bits per heavy atom. The highest BCUT2D eigenvalue weighted by Crippen LogP contribution is 2.22. The first-order valence-electron chi connectivity index (χ1n) is 6.91. The van der Waals surface area contributed by atoms with Crippen LogP contribution in [0.3, 0.4) is 0 Å². The maximum absolute atomic E-state index is 4.55. The van der Waals surface area contributed by atoms with Gasteiger partial charge in [0.25, 0.3) is 0 Å². The summed E-state index contributed by atoms with van der Waals surface area (Å²) in [5.74, 6) is 0. The standard InChI is InChI=1S/C16H26N2/c1-5-6-7-8-9-10-16(17-4)15-12-11-13(2)18-14(15)3/h5,11-12,16-17H,1,6-10H2,2-4H3. The van der Waals surface area contributed by atoms with Crippen LogP contribution in [-0.4, -0.2) is 12.0 Å². The third-order valence-corrected chi connectivity index (χ3v) is 3.39. The van der Waals surface area contributed by atoms with E-state index in [1.807, 2.05) is 20.0 Å². The maximum Gasteiger partial charge on any atom is 0.0423 e. The lowest BCUT2D eigenvalue weighted by atomic mass is 9.99. The molecule has 0 spiro atoms. The van der Waals surface area contributed by atoms with E-state index in [-0.39, 0.29) is 0 Å². The van der Waals surface area contributed by atoms with Gasteiger partial charge in [0.1, 0.15) is 0 Å². The van der Waals surface area contributed by atoms with Crippen molar-refractivity contribution in [3.63, 3.8) is 0 Å². The SMILES string of the molecule is C=CCCCCCC(NC)c1ccc(C)nc1C. The Morgan fingerprint density at radius 3 is 2.67 bits per heavy atom. The average Bonchev–Trinajstić information content (AvgIpc) is 2.35. The number of rotatable bonds is 8. The third kappa shape index (κ3) is 4.61. The van der Waals surface area contributed by atoms with E-state index in [9.17, 15) is 0 Å². The Kier molecular flexibility index (Phi) is 6.66. The predicted octanol–water partition coefficient (Wildman–Crippen LogP) is 4.10. The van der Waals surface area contributed by atoms with Gasteiger partial charge in [-0.25, -0.2) is 0 Å². The molecule has 0 saturated carbocycles. The third-order valence-electron chi connectivity index (χ3n) is 3.39. The van der Waals surface area contributed by atoms with Crippen LogP contribution in [0.15, 0.2) is 24.8 Å². The molecular weight excluding hydrogens is 220 g/mol. The van der Waals surface area contributed by atoms with Crippen molar-refractivity contribution in [2.45, 2.75) is 52.0 Å². The van der Waals surface area contributed by atoms with E-state index >= 15 is 0 Å². The highest BCUT2D eigenvalue weighted by molar-refractivity contribution is 5.25. The molecule has 1 heterocycles. The zero-order chi connectivity index (χ0) is 13.4. The van der Waals surface area contributed by atoms with Gasteiger partial charge in [0.15, 0.2) is 0 Å². The summed E-state index contributed by atoms with van der Waals surface area (Å²) in [6.45, 7) is 7.90. The minimum atomic E-state index is 0.432. The molecular formula is C16H26N2. The van der Waals surface area contributed by atoms with E-state index in [2.05, 4.69) is 35.9 Å². The smallest absolute Gasteiger partial charge is 0.0423 e. The van der Waals surface area contributed by atoms with Crippen molar-refractivity contribution < 1.29 is 0 Å². The Balaban J connectivity index is 2.52. The Bertz CT molecular complexity index is 371. The molecule has 1 aromatic heterocycles. The quantitative estimate of drug-likeness (QED) is 0.552.